The van der Waals surface area contributed by atoms with E-state index in [4.69, 9.17) is 11.6 Å². The van der Waals surface area contributed by atoms with Crippen molar-refractivity contribution in [3.8, 4) is 0 Å². The van der Waals surface area contributed by atoms with E-state index in [0.717, 1.165) is 31.0 Å². The molecule has 1 aliphatic rings. The van der Waals surface area contributed by atoms with Gasteiger partial charge in [-0.1, -0.05) is 23.7 Å². The SMILES string of the molecule is CN(C)CC/C=C1\c2cc(Cl)ccc2CCn2cccc21. The molecule has 0 amide bonds. The van der Waals surface area contributed by atoms with Crippen LogP contribution in [0.25, 0.3) is 5.57 Å². The molecule has 2 heterocycles. The van der Waals surface area contributed by atoms with Gasteiger partial charge in [0.25, 0.3) is 0 Å². The van der Waals surface area contributed by atoms with Crippen LogP contribution in [0.1, 0.15) is 23.2 Å². The van der Waals surface area contributed by atoms with Gasteiger partial charge in [0.2, 0.25) is 0 Å². The topological polar surface area (TPSA) is 8.17 Å². The molecule has 0 atom stereocenters. The number of aryl methyl sites for hydroxylation is 2. The van der Waals surface area contributed by atoms with E-state index in [9.17, 15) is 0 Å². The minimum Gasteiger partial charge on any atom is -0.347 e. The first kappa shape index (κ1) is 14.4. The largest absolute Gasteiger partial charge is 0.347 e. The molecule has 0 N–H and O–H groups in total. The zero-order valence-corrected chi connectivity index (χ0v) is 13.4. The summed E-state index contributed by atoms with van der Waals surface area (Å²) in [5, 5.41) is 0.812. The molecule has 1 aliphatic heterocycles. The van der Waals surface area contributed by atoms with Crippen LogP contribution in [0.3, 0.4) is 0 Å². The van der Waals surface area contributed by atoms with Gasteiger partial charge in [0.15, 0.2) is 0 Å². The Kier molecular flexibility index (Phi) is 4.18. The molecule has 1 aromatic carbocycles. The second-order valence-corrected chi connectivity index (χ2v) is 6.28. The van der Waals surface area contributed by atoms with Crippen molar-refractivity contribution in [1.29, 1.82) is 0 Å². The molecule has 2 aromatic rings. The van der Waals surface area contributed by atoms with Crippen LogP contribution >= 0.6 is 11.6 Å². The number of nitrogens with zero attached hydrogens (tertiary/aromatic N) is 2. The highest BCUT2D eigenvalue weighted by Gasteiger charge is 2.17. The van der Waals surface area contributed by atoms with E-state index < -0.39 is 0 Å². The van der Waals surface area contributed by atoms with Gasteiger partial charge in [0.05, 0.1) is 0 Å². The summed E-state index contributed by atoms with van der Waals surface area (Å²) in [6.45, 7) is 2.09. The van der Waals surface area contributed by atoms with Crippen LogP contribution in [-0.2, 0) is 13.0 Å². The molecule has 3 rings (SSSR count). The summed E-state index contributed by atoms with van der Waals surface area (Å²) in [5.41, 5.74) is 5.30. The molecule has 110 valence electrons. The molecule has 0 radical (unpaired) electrons. The van der Waals surface area contributed by atoms with Crippen LogP contribution in [0.15, 0.2) is 42.6 Å². The van der Waals surface area contributed by atoms with Gasteiger partial charge in [-0.3, -0.25) is 0 Å². The first-order valence-electron chi connectivity index (χ1n) is 7.44. The molecular weight excluding hydrogens is 280 g/mol. The summed E-state index contributed by atoms with van der Waals surface area (Å²) in [7, 11) is 4.22. The normalized spacial score (nSPS) is 15.9. The van der Waals surface area contributed by atoms with E-state index in [1.807, 2.05) is 6.07 Å². The van der Waals surface area contributed by atoms with Gasteiger partial charge < -0.3 is 9.47 Å². The maximum Gasteiger partial charge on any atom is 0.0483 e. The summed E-state index contributed by atoms with van der Waals surface area (Å²) in [5.74, 6) is 0. The van der Waals surface area contributed by atoms with Crippen LogP contribution in [-0.4, -0.2) is 30.1 Å². The second kappa shape index (κ2) is 6.08. The van der Waals surface area contributed by atoms with E-state index in [-0.39, 0.29) is 0 Å². The summed E-state index contributed by atoms with van der Waals surface area (Å²) in [4.78, 5) is 2.21. The summed E-state index contributed by atoms with van der Waals surface area (Å²) in [6, 6.07) is 10.6. The number of benzene rings is 1. The Bertz CT molecular complexity index is 668. The second-order valence-electron chi connectivity index (χ2n) is 5.85. The van der Waals surface area contributed by atoms with E-state index in [1.165, 1.54) is 22.4 Å². The third-order valence-corrected chi connectivity index (χ3v) is 4.25. The van der Waals surface area contributed by atoms with Gasteiger partial charge in [-0.05, 0) is 62.3 Å². The van der Waals surface area contributed by atoms with Crippen molar-refractivity contribution >= 4 is 17.2 Å². The predicted molar refractivity (Wildman–Crippen MR) is 89.8 cm³/mol. The molecule has 0 unspecified atom stereocenters. The number of hydrogen-bond donors (Lipinski definition) is 0. The number of fused-ring (bicyclic) bond motifs is 2. The monoisotopic (exact) mass is 300 g/mol. The first-order valence-corrected chi connectivity index (χ1v) is 7.82. The highest BCUT2D eigenvalue weighted by Crippen LogP contribution is 2.32. The quantitative estimate of drug-likeness (QED) is 0.829. The van der Waals surface area contributed by atoms with Crippen molar-refractivity contribution < 1.29 is 0 Å². The molecule has 0 saturated carbocycles. The van der Waals surface area contributed by atoms with E-state index >= 15 is 0 Å². The van der Waals surface area contributed by atoms with Crippen LogP contribution in [0.4, 0.5) is 0 Å². The Hall–Kier alpha value is -1.51. The van der Waals surface area contributed by atoms with Gasteiger partial charge in [0.1, 0.15) is 0 Å². The van der Waals surface area contributed by atoms with Gasteiger partial charge in [-0.2, -0.15) is 0 Å². The zero-order chi connectivity index (χ0) is 14.8. The maximum absolute atomic E-state index is 6.24. The Morgan fingerprint density at radius 3 is 2.95 bits per heavy atom. The van der Waals surface area contributed by atoms with Crippen molar-refractivity contribution in [2.45, 2.75) is 19.4 Å². The molecule has 1 aromatic heterocycles. The van der Waals surface area contributed by atoms with Crippen LogP contribution in [0.2, 0.25) is 5.02 Å². The number of rotatable bonds is 3. The number of halogens is 1. The lowest BCUT2D eigenvalue weighted by atomic mass is 9.96. The lowest BCUT2D eigenvalue weighted by Gasteiger charge is -2.12. The number of aromatic nitrogens is 1. The third kappa shape index (κ3) is 3.07. The Morgan fingerprint density at radius 1 is 1.29 bits per heavy atom. The van der Waals surface area contributed by atoms with Crippen molar-refractivity contribution in [2.24, 2.45) is 0 Å². The van der Waals surface area contributed by atoms with Crippen LogP contribution in [0, 0.1) is 0 Å². The molecular formula is C18H21ClN2. The Balaban J connectivity index is 2.06. The molecule has 21 heavy (non-hydrogen) atoms. The highest BCUT2D eigenvalue weighted by atomic mass is 35.5. The Morgan fingerprint density at radius 2 is 2.14 bits per heavy atom. The van der Waals surface area contributed by atoms with E-state index in [2.05, 4.69) is 60.1 Å². The van der Waals surface area contributed by atoms with Crippen molar-refractivity contribution in [1.82, 2.24) is 9.47 Å². The van der Waals surface area contributed by atoms with E-state index in [1.54, 1.807) is 0 Å². The fraction of sp³-hybridized carbons (Fsp3) is 0.333. The lowest BCUT2D eigenvalue weighted by Crippen LogP contribution is -2.12. The predicted octanol–water partition coefficient (Wildman–Crippen LogP) is 4.08. The molecule has 0 fully saturated rings. The number of hydrogen-bond acceptors (Lipinski definition) is 1. The third-order valence-electron chi connectivity index (χ3n) is 4.01. The molecule has 0 aliphatic carbocycles. The maximum atomic E-state index is 6.24. The standard InChI is InChI=1S/C18H21ClN2/c1-20(2)10-3-5-16-17-13-15(19)8-7-14(17)9-12-21-11-4-6-18(16)21/h4-8,11,13H,3,9-10,12H2,1-2H3/b16-5+. The zero-order valence-electron chi connectivity index (χ0n) is 12.6. The molecule has 0 bridgehead atoms. The van der Waals surface area contributed by atoms with Gasteiger partial charge in [0, 0.05) is 35.6 Å². The summed E-state index contributed by atoms with van der Waals surface area (Å²) < 4.78 is 2.34. The van der Waals surface area contributed by atoms with Crippen molar-refractivity contribution in [3.05, 3.63) is 64.4 Å². The minimum absolute atomic E-state index is 0.812. The van der Waals surface area contributed by atoms with E-state index in [0.29, 0.717) is 0 Å². The van der Waals surface area contributed by atoms with Gasteiger partial charge in [-0.15, -0.1) is 0 Å². The minimum atomic E-state index is 0.812. The van der Waals surface area contributed by atoms with Crippen LogP contribution in [0.5, 0.6) is 0 Å². The first-order chi connectivity index (χ1) is 10.1. The molecule has 3 heteroatoms. The summed E-state index contributed by atoms with van der Waals surface area (Å²) >= 11 is 6.24. The molecule has 0 saturated heterocycles. The molecule has 0 spiro atoms. The smallest absolute Gasteiger partial charge is 0.0483 e. The van der Waals surface area contributed by atoms with Crippen LogP contribution < -0.4 is 0 Å². The summed E-state index contributed by atoms with van der Waals surface area (Å²) in [6.07, 6.45) is 6.62. The van der Waals surface area contributed by atoms with Gasteiger partial charge in [-0.25, -0.2) is 0 Å². The van der Waals surface area contributed by atoms with Crippen molar-refractivity contribution in [3.63, 3.8) is 0 Å². The highest BCUT2D eigenvalue weighted by molar-refractivity contribution is 6.30. The fourth-order valence-corrected chi connectivity index (χ4v) is 3.10. The fourth-order valence-electron chi connectivity index (χ4n) is 2.93. The molecule has 2 nitrogen and oxygen atoms in total. The lowest BCUT2D eigenvalue weighted by molar-refractivity contribution is 0.417. The van der Waals surface area contributed by atoms with Crippen molar-refractivity contribution in [2.75, 3.05) is 20.6 Å². The average Bonchev–Trinajstić information content (AvgIpc) is 2.85. The van der Waals surface area contributed by atoms with Gasteiger partial charge >= 0.3 is 0 Å². The average molecular weight is 301 g/mol. The Labute approximate surface area is 131 Å².